The summed E-state index contributed by atoms with van der Waals surface area (Å²) in [5.74, 6) is 1.03. The third-order valence-electron chi connectivity index (χ3n) is 2.31. The summed E-state index contributed by atoms with van der Waals surface area (Å²) in [7, 11) is 0. The molecule has 16 heavy (non-hydrogen) atoms. The molecule has 0 saturated carbocycles. The number of nitrogens with one attached hydrogen (secondary N) is 1. The molecular weight excluding hydrogens is 220 g/mol. The summed E-state index contributed by atoms with van der Waals surface area (Å²) in [4.78, 5) is 1.22. The molecule has 0 aliphatic heterocycles. The molecule has 0 saturated heterocycles. The first-order valence-electron chi connectivity index (χ1n) is 5.55. The smallest absolute Gasteiger partial charge is 0.0630 e. The number of hydrogen-bond donors (Lipinski definition) is 3. The zero-order valence-electron chi connectivity index (χ0n) is 9.86. The molecule has 4 heteroatoms. The van der Waals surface area contributed by atoms with Crippen LogP contribution < -0.4 is 11.1 Å². The van der Waals surface area contributed by atoms with Gasteiger partial charge in [0.1, 0.15) is 0 Å². The van der Waals surface area contributed by atoms with E-state index >= 15 is 0 Å². The first-order chi connectivity index (χ1) is 7.72. The highest BCUT2D eigenvalue weighted by Crippen LogP contribution is 2.28. The molecule has 0 aliphatic carbocycles. The lowest BCUT2D eigenvalue weighted by Crippen LogP contribution is -2.20. The fraction of sp³-hybridized carbons (Fsp3) is 0.500. The number of benzene rings is 1. The van der Waals surface area contributed by atoms with Crippen LogP contribution in [0.1, 0.15) is 19.4 Å². The van der Waals surface area contributed by atoms with Gasteiger partial charge in [0.15, 0.2) is 0 Å². The minimum atomic E-state index is 0.0483. The third-order valence-corrected chi connectivity index (χ3v) is 3.29. The van der Waals surface area contributed by atoms with Crippen LogP contribution in [0.2, 0.25) is 0 Å². The van der Waals surface area contributed by atoms with Gasteiger partial charge in [0.25, 0.3) is 0 Å². The monoisotopic (exact) mass is 240 g/mol. The summed E-state index contributed by atoms with van der Waals surface area (Å²) in [6.07, 6.45) is 0. The van der Waals surface area contributed by atoms with Gasteiger partial charge in [-0.25, -0.2) is 0 Å². The number of nitrogens with two attached hydrogens (primary N) is 1. The van der Waals surface area contributed by atoms with Crippen LogP contribution in [-0.2, 0) is 6.54 Å². The van der Waals surface area contributed by atoms with E-state index in [0.717, 1.165) is 17.0 Å². The number of hydrogen-bond acceptors (Lipinski definition) is 4. The molecule has 0 amide bonds. The van der Waals surface area contributed by atoms with E-state index in [2.05, 4.69) is 18.3 Å². The lowest BCUT2D eigenvalue weighted by molar-refractivity contribution is 0.281. The Balaban J connectivity index is 2.94. The summed E-state index contributed by atoms with van der Waals surface area (Å²) in [6, 6.07) is 6.16. The topological polar surface area (TPSA) is 58.3 Å². The van der Waals surface area contributed by atoms with Gasteiger partial charge in [-0.3, -0.25) is 0 Å². The Morgan fingerprint density at radius 1 is 1.50 bits per heavy atom. The van der Waals surface area contributed by atoms with Crippen molar-refractivity contribution in [2.24, 2.45) is 5.73 Å². The molecule has 4 N–H and O–H groups in total. The van der Waals surface area contributed by atoms with Gasteiger partial charge >= 0.3 is 0 Å². The number of anilines is 1. The van der Waals surface area contributed by atoms with Crippen molar-refractivity contribution < 1.29 is 5.11 Å². The van der Waals surface area contributed by atoms with Crippen LogP contribution in [0, 0.1) is 0 Å². The van der Waals surface area contributed by atoms with Gasteiger partial charge < -0.3 is 16.2 Å². The lowest BCUT2D eigenvalue weighted by Gasteiger charge is -2.17. The molecule has 1 rings (SSSR count). The summed E-state index contributed by atoms with van der Waals surface area (Å²) < 4.78 is 0. The van der Waals surface area contributed by atoms with E-state index in [1.54, 1.807) is 11.8 Å². The van der Waals surface area contributed by atoms with Crippen molar-refractivity contribution in [1.82, 2.24) is 0 Å². The van der Waals surface area contributed by atoms with E-state index in [0.29, 0.717) is 6.54 Å². The average Bonchev–Trinajstić information content (AvgIpc) is 2.29. The number of rotatable bonds is 6. The standard InChI is InChI=1S/C12H20N2OS/c1-3-16-12-6-4-5-11(10(12)7-13)14-9(2)8-15/h4-6,9,14-15H,3,7-8,13H2,1-2H3. The molecule has 1 aromatic rings. The summed E-state index contributed by atoms with van der Waals surface area (Å²) in [5, 5.41) is 12.3. The van der Waals surface area contributed by atoms with Gasteiger partial charge in [0, 0.05) is 28.7 Å². The predicted octanol–water partition coefficient (Wildman–Crippen LogP) is 2.05. The maximum Gasteiger partial charge on any atom is 0.0630 e. The largest absolute Gasteiger partial charge is 0.394 e. The van der Waals surface area contributed by atoms with Crippen LogP contribution >= 0.6 is 11.8 Å². The van der Waals surface area contributed by atoms with Crippen molar-refractivity contribution >= 4 is 17.4 Å². The second-order valence-corrected chi connectivity index (χ2v) is 4.95. The van der Waals surface area contributed by atoms with Crippen molar-refractivity contribution in [3.05, 3.63) is 23.8 Å². The Morgan fingerprint density at radius 3 is 2.81 bits per heavy atom. The third kappa shape index (κ3) is 3.40. The number of thioether (sulfide) groups is 1. The van der Waals surface area contributed by atoms with E-state index in [-0.39, 0.29) is 12.6 Å². The fourth-order valence-corrected chi connectivity index (χ4v) is 2.37. The Hall–Kier alpha value is -0.710. The molecule has 0 aliphatic rings. The molecule has 1 atom stereocenters. The zero-order valence-corrected chi connectivity index (χ0v) is 10.7. The first kappa shape index (κ1) is 13.4. The Bertz CT molecular complexity index is 331. The van der Waals surface area contributed by atoms with E-state index in [1.165, 1.54) is 4.90 Å². The van der Waals surface area contributed by atoms with Gasteiger partial charge in [-0.1, -0.05) is 13.0 Å². The Morgan fingerprint density at radius 2 is 2.25 bits per heavy atom. The molecule has 1 aromatic carbocycles. The van der Waals surface area contributed by atoms with E-state index < -0.39 is 0 Å². The van der Waals surface area contributed by atoms with Crippen molar-refractivity contribution in [3.63, 3.8) is 0 Å². The van der Waals surface area contributed by atoms with Gasteiger partial charge in [0.2, 0.25) is 0 Å². The van der Waals surface area contributed by atoms with E-state index in [4.69, 9.17) is 10.8 Å². The summed E-state index contributed by atoms with van der Waals surface area (Å²) >= 11 is 1.79. The van der Waals surface area contributed by atoms with Crippen LogP contribution in [0.4, 0.5) is 5.69 Å². The minimum absolute atomic E-state index is 0.0483. The Kier molecular flexibility index (Phi) is 5.66. The van der Waals surface area contributed by atoms with E-state index in [1.807, 2.05) is 19.1 Å². The lowest BCUT2D eigenvalue weighted by atomic mass is 10.1. The first-order valence-corrected chi connectivity index (χ1v) is 6.53. The predicted molar refractivity (Wildman–Crippen MR) is 70.9 cm³/mol. The highest BCUT2D eigenvalue weighted by molar-refractivity contribution is 7.99. The SMILES string of the molecule is CCSc1cccc(NC(C)CO)c1CN. The molecule has 3 nitrogen and oxygen atoms in total. The van der Waals surface area contributed by atoms with Crippen molar-refractivity contribution in [2.45, 2.75) is 31.3 Å². The molecule has 90 valence electrons. The quantitative estimate of drug-likeness (QED) is 0.666. The van der Waals surface area contributed by atoms with Gasteiger partial charge in [0.05, 0.1) is 6.61 Å². The molecule has 0 bridgehead atoms. The molecule has 0 aromatic heterocycles. The molecule has 0 radical (unpaired) electrons. The van der Waals surface area contributed by atoms with Crippen molar-refractivity contribution in [3.8, 4) is 0 Å². The Labute approximate surface area is 101 Å². The van der Waals surface area contributed by atoms with Crippen LogP contribution in [0.5, 0.6) is 0 Å². The maximum absolute atomic E-state index is 9.03. The van der Waals surface area contributed by atoms with Gasteiger partial charge in [-0.2, -0.15) is 0 Å². The van der Waals surface area contributed by atoms with Gasteiger partial charge in [-0.05, 0) is 24.8 Å². The van der Waals surface area contributed by atoms with Crippen molar-refractivity contribution in [2.75, 3.05) is 17.7 Å². The second kappa shape index (κ2) is 6.78. The number of aliphatic hydroxyl groups is 1. The van der Waals surface area contributed by atoms with Crippen LogP contribution in [0.3, 0.4) is 0 Å². The van der Waals surface area contributed by atoms with Crippen LogP contribution in [0.25, 0.3) is 0 Å². The summed E-state index contributed by atoms with van der Waals surface area (Å²) in [6.45, 7) is 4.71. The van der Waals surface area contributed by atoms with Crippen molar-refractivity contribution in [1.29, 1.82) is 0 Å². The number of aliphatic hydroxyl groups excluding tert-OH is 1. The normalized spacial score (nSPS) is 12.5. The average molecular weight is 240 g/mol. The van der Waals surface area contributed by atoms with Gasteiger partial charge in [-0.15, -0.1) is 11.8 Å². The maximum atomic E-state index is 9.03. The van der Waals surface area contributed by atoms with Crippen LogP contribution in [0.15, 0.2) is 23.1 Å². The summed E-state index contributed by atoms with van der Waals surface area (Å²) in [5.41, 5.74) is 7.95. The molecular formula is C12H20N2OS. The fourth-order valence-electron chi connectivity index (χ4n) is 1.51. The molecule has 0 heterocycles. The molecule has 0 spiro atoms. The molecule has 1 unspecified atom stereocenters. The highest BCUT2D eigenvalue weighted by Gasteiger charge is 2.08. The van der Waals surface area contributed by atoms with E-state index in [9.17, 15) is 0 Å². The highest BCUT2D eigenvalue weighted by atomic mass is 32.2. The zero-order chi connectivity index (χ0) is 12.0. The molecule has 0 fully saturated rings. The van der Waals surface area contributed by atoms with Crippen LogP contribution in [-0.4, -0.2) is 23.5 Å². The minimum Gasteiger partial charge on any atom is -0.394 e. The second-order valence-electron chi connectivity index (χ2n) is 3.65.